The van der Waals surface area contributed by atoms with Gasteiger partial charge in [-0.2, -0.15) is 9.41 Å². The lowest BCUT2D eigenvalue weighted by molar-refractivity contribution is -0.121. The number of nitrogens with one attached hydrogen (secondary N) is 1. The number of phenolic OH excluding ortho intramolecular Hbond substituents is 1. The Morgan fingerprint density at radius 3 is 2.28 bits per heavy atom. The summed E-state index contributed by atoms with van der Waals surface area (Å²) >= 11 is 9.23. The molecule has 0 atom stereocenters. The third kappa shape index (κ3) is 6.64. The number of carbonyl (C=O) groups is 1. The van der Waals surface area contributed by atoms with Crippen molar-refractivity contribution < 1.29 is 18.3 Å². The first-order valence-corrected chi connectivity index (χ1v) is 12.0. The average Bonchev–Trinajstić information content (AvgIpc) is 2.76. The highest BCUT2D eigenvalue weighted by atomic mass is 79.9. The van der Waals surface area contributed by atoms with E-state index in [0.29, 0.717) is 16.1 Å². The Hall–Kier alpha value is -2.72. The summed E-state index contributed by atoms with van der Waals surface area (Å²) in [5.41, 5.74) is 3.71. The maximum atomic E-state index is 13.2. The van der Waals surface area contributed by atoms with Crippen molar-refractivity contribution in [2.75, 3.05) is 6.54 Å². The molecule has 0 bridgehead atoms. The molecular formula is C22H19BrClN3O4S. The Bertz CT molecular complexity index is 1200. The van der Waals surface area contributed by atoms with Crippen LogP contribution in [0.4, 0.5) is 0 Å². The Morgan fingerprint density at radius 1 is 1.03 bits per heavy atom. The van der Waals surface area contributed by atoms with Gasteiger partial charge in [-0.05, 0) is 71.8 Å². The second-order valence-corrected chi connectivity index (χ2v) is 10.0. The number of hydrazone groups is 1. The number of nitrogens with zero attached hydrogens (tertiary/aromatic N) is 2. The van der Waals surface area contributed by atoms with E-state index in [1.54, 1.807) is 36.4 Å². The van der Waals surface area contributed by atoms with Gasteiger partial charge in [0.2, 0.25) is 10.0 Å². The van der Waals surface area contributed by atoms with Crippen molar-refractivity contribution in [3.05, 3.63) is 93.4 Å². The fourth-order valence-electron chi connectivity index (χ4n) is 2.71. The molecule has 3 rings (SSSR count). The van der Waals surface area contributed by atoms with Gasteiger partial charge in [0.15, 0.2) is 0 Å². The minimum absolute atomic E-state index is 0.00661. The zero-order valence-corrected chi connectivity index (χ0v) is 19.8. The van der Waals surface area contributed by atoms with Crippen LogP contribution in [-0.2, 0) is 21.4 Å². The maximum Gasteiger partial charge on any atom is 0.255 e. The van der Waals surface area contributed by atoms with Crippen molar-refractivity contribution in [1.82, 2.24) is 9.73 Å². The first-order valence-electron chi connectivity index (χ1n) is 9.35. The van der Waals surface area contributed by atoms with E-state index in [-0.39, 0.29) is 17.2 Å². The average molecular weight is 537 g/mol. The fourth-order valence-corrected chi connectivity index (χ4v) is 4.48. The lowest BCUT2D eigenvalue weighted by atomic mass is 10.2. The van der Waals surface area contributed by atoms with Gasteiger partial charge in [0.25, 0.3) is 5.91 Å². The predicted molar refractivity (Wildman–Crippen MR) is 127 cm³/mol. The molecule has 10 heteroatoms. The highest BCUT2D eigenvalue weighted by Crippen LogP contribution is 2.21. The zero-order valence-electron chi connectivity index (χ0n) is 16.7. The molecule has 0 saturated heterocycles. The molecule has 166 valence electrons. The minimum atomic E-state index is -3.98. The number of halogens is 2. The number of aromatic hydroxyl groups is 1. The Balaban J connectivity index is 1.78. The molecule has 1 amide bonds. The molecule has 0 aliphatic carbocycles. The Labute approximate surface area is 199 Å². The second kappa shape index (κ2) is 10.7. The lowest BCUT2D eigenvalue weighted by Crippen LogP contribution is -2.39. The topological polar surface area (TPSA) is 99.1 Å². The highest BCUT2D eigenvalue weighted by molar-refractivity contribution is 9.10. The van der Waals surface area contributed by atoms with Gasteiger partial charge in [-0.1, -0.05) is 39.7 Å². The van der Waals surface area contributed by atoms with Crippen molar-refractivity contribution in [1.29, 1.82) is 0 Å². The van der Waals surface area contributed by atoms with Crippen molar-refractivity contribution in [3.63, 3.8) is 0 Å². The van der Waals surface area contributed by atoms with Crippen LogP contribution < -0.4 is 5.43 Å². The molecule has 0 aliphatic rings. The van der Waals surface area contributed by atoms with Gasteiger partial charge in [0.05, 0.1) is 17.7 Å². The molecule has 0 unspecified atom stereocenters. The summed E-state index contributed by atoms with van der Waals surface area (Å²) in [6.07, 6.45) is 1.39. The van der Waals surface area contributed by atoms with E-state index >= 15 is 0 Å². The minimum Gasteiger partial charge on any atom is -0.508 e. The zero-order chi connectivity index (χ0) is 23.1. The summed E-state index contributed by atoms with van der Waals surface area (Å²) in [5, 5.41) is 13.6. The number of hydrogen-bond donors (Lipinski definition) is 2. The molecule has 0 aliphatic heterocycles. The molecule has 3 aromatic carbocycles. The molecule has 0 aromatic heterocycles. The van der Waals surface area contributed by atoms with Gasteiger partial charge in [-0.25, -0.2) is 13.8 Å². The van der Waals surface area contributed by atoms with Crippen LogP contribution >= 0.6 is 27.5 Å². The van der Waals surface area contributed by atoms with Crippen LogP contribution in [0, 0.1) is 0 Å². The van der Waals surface area contributed by atoms with Crippen LogP contribution in [0.5, 0.6) is 5.75 Å². The summed E-state index contributed by atoms with van der Waals surface area (Å²) in [7, 11) is -3.98. The van der Waals surface area contributed by atoms with Gasteiger partial charge in [0.1, 0.15) is 5.75 Å². The van der Waals surface area contributed by atoms with Gasteiger partial charge >= 0.3 is 0 Å². The molecule has 0 saturated carbocycles. The van der Waals surface area contributed by atoms with E-state index in [0.717, 1.165) is 8.78 Å². The van der Waals surface area contributed by atoms with Crippen LogP contribution in [0.2, 0.25) is 5.02 Å². The van der Waals surface area contributed by atoms with Crippen LogP contribution in [0.15, 0.2) is 87.3 Å². The third-order valence-electron chi connectivity index (χ3n) is 4.34. The van der Waals surface area contributed by atoms with Gasteiger partial charge in [-0.3, -0.25) is 4.79 Å². The number of carbonyl (C=O) groups excluding carboxylic acids is 1. The molecule has 0 spiro atoms. The fraction of sp³-hybridized carbons (Fsp3) is 0.0909. The molecule has 0 radical (unpaired) electrons. The summed E-state index contributed by atoms with van der Waals surface area (Å²) in [6, 6.07) is 19.1. The monoisotopic (exact) mass is 535 g/mol. The third-order valence-corrected chi connectivity index (χ3v) is 6.93. The van der Waals surface area contributed by atoms with Crippen LogP contribution in [-0.4, -0.2) is 36.5 Å². The largest absolute Gasteiger partial charge is 0.508 e. The Morgan fingerprint density at radius 2 is 1.66 bits per heavy atom. The van der Waals surface area contributed by atoms with E-state index in [4.69, 9.17) is 11.6 Å². The molecule has 32 heavy (non-hydrogen) atoms. The van der Waals surface area contributed by atoms with Crippen molar-refractivity contribution >= 4 is 49.7 Å². The van der Waals surface area contributed by atoms with Gasteiger partial charge in [-0.15, -0.1) is 0 Å². The number of benzene rings is 3. The van der Waals surface area contributed by atoms with Gasteiger partial charge in [0, 0.05) is 16.0 Å². The molecular weight excluding hydrogens is 518 g/mol. The number of rotatable bonds is 8. The summed E-state index contributed by atoms with van der Waals surface area (Å²) in [6.45, 7) is -0.443. The summed E-state index contributed by atoms with van der Waals surface area (Å²) in [5.74, 6) is -0.489. The standard InChI is InChI=1S/C22H19BrClN3O4S/c23-18-5-1-17(2-6-18)14-27(32(30,31)21-11-7-19(24)8-12-21)15-22(29)26-25-13-16-3-9-20(28)10-4-16/h1-13,28H,14-15H2,(H,26,29)/b25-13-. The molecule has 3 aromatic rings. The maximum absolute atomic E-state index is 13.2. The van der Waals surface area contributed by atoms with Crippen LogP contribution in [0.1, 0.15) is 11.1 Å². The van der Waals surface area contributed by atoms with E-state index in [2.05, 4.69) is 26.5 Å². The van der Waals surface area contributed by atoms with E-state index < -0.39 is 22.5 Å². The smallest absolute Gasteiger partial charge is 0.255 e. The van der Waals surface area contributed by atoms with E-state index in [1.807, 2.05) is 0 Å². The lowest BCUT2D eigenvalue weighted by Gasteiger charge is -2.21. The van der Waals surface area contributed by atoms with Crippen molar-refractivity contribution in [3.8, 4) is 5.75 Å². The summed E-state index contributed by atoms with van der Waals surface area (Å²) < 4.78 is 28.3. The number of phenols is 1. The van der Waals surface area contributed by atoms with Crippen LogP contribution in [0.3, 0.4) is 0 Å². The normalized spacial score (nSPS) is 11.7. The Kier molecular flexibility index (Phi) is 8.03. The van der Waals surface area contributed by atoms with E-state index in [9.17, 15) is 18.3 Å². The highest BCUT2D eigenvalue weighted by Gasteiger charge is 2.27. The molecule has 0 fully saturated rings. The number of hydrogen-bond acceptors (Lipinski definition) is 5. The number of amides is 1. The predicted octanol–water partition coefficient (Wildman–Crippen LogP) is 4.15. The molecule has 2 N–H and O–H groups in total. The first kappa shape index (κ1) is 23.9. The van der Waals surface area contributed by atoms with E-state index in [1.165, 1.54) is 42.6 Å². The second-order valence-electron chi connectivity index (χ2n) is 6.74. The molecule has 0 heterocycles. The first-order chi connectivity index (χ1) is 15.2. The van der Waals surface area contributed by atoms with Crippen molar-refractivity contribution in [2.24, 2.45) is 5.10 Å². The summed E-state index contributed by atoms with van der Waals surface area (Å²) in [4.78, 5) is 12.5. The number of sulfonamides is 1. The van der Waals surface area contributed by atoms with Gasteiger partial charge < -0.3 is 5.11 Å². The SMILES string of the molecule is O=C(CN(Cc1ccc(Br)cc1)S(=O)(=O)c1ccc(Cl)cc1)N/N=C\c1ccc(O)cc1. The quantitative estimate of drug-likeness (QED) is 0.334. The molecule has 7 nitrogen and oxygen atoms in total. The van der Waals surface area contributed by atoms with Crippen molar-refractivity contribution in [2.45, 2.75) is 11.4 Å². The van der Waals surface area contributed by atoms with Crippen LogP contribution in [0.25, 0.3) is 0 Å².